The minimum absolute atomic E-state index is 0.477. The second-order valence-corrected chi connectivity index (χ2v) is 6.33. The Morgan fingerprint density at radius 1 is 1.05 bits per heavy atom. The molecule has 7 heteroatoms. The average Bonchev–Trinajstić information content (AvgIpc) is 2.98. The van der Waals surface area contributed by atoms with E-state index in [0.717, 1.165) is 16.4 Å². The second-order valence-electron chi connectivity index (χ2n) is 4.34. The van der Waals surface area contributed by atoms with E-state index in [4.69, 9.17) is 0 Å². The van der Waals surface area contributed by atoms with Crippen molar-refractivity contribution in [1.29, 1.82) is 0 Å². The summed E-state index contributed by atoms with van der Waals surface area (Å²) < 4.78 is 5.40. The third-order valence-electron chi connectivity index (χ3n) is 2.70. The number of hydrazone groups is 1. The van der Waals surface area contributed by atoms with Crippen LogP contribution in [0.5, 0.6) is 0 Å². The minimum Gasteiger partial charge on any atom is -0.330 e. The first-order valence-electron chi connectivity index (χ1n) is 6.50. The van der Waals surface area contributed by atoms with Crippen LogP contribution in [-0.4, -0.2) is 15.6 Å². The molecule has 0 aliphatic carbocycles. The van der Waals surface area contributed by atoms with Gasteiger partial charge in [-0.1, -0.05) is 30.3 Å². The predicted octanol–water partition coefficient (Wildman–Crippen LogP) is 4.33. The normalized spacial score (nSPS) is 10.8. The van der Waals surface area contributed by atoms with Gasteiger partial charge >= 0.3 is 0 Å². The summed E-state index contributed by atoms with van der Waals surface area (Å²) in [7, 11) is 0. The Kier molecular flexibility index (Phi) is 4.96. The van der Waals surface area contributed by atoms with E-state index >= 15 is 0 Å². The van der Waals surface area contributed by atoms with Crippen molar-refractivity contribution in [2.24, 2.45) is 5.10 Å². The van der Waals surface area contributed by atoms with Gasteiger partial charge in [0, 0.05) is 20.8 Å². The monoisotopic (exact) mass is 421 g/mol. The second kappa shape index (κ2) is 7.32. The van der Waals surface area contributed by atoms with E-state index in [1.54, 1.807) is 6.21 Å². The van der Waals surface area contributed by atoms with Gasteiger partial charge in [0.05, 0.1) is 6.21 Å². The lowest BCUT2D eigenvalue weighted by atomic mass is 10.2. The summed E-state index contributed by atoms with van der Waals surface area (Å²) in [5, 5.41) is 8.05. The van der Waals surface area contributed by atoms with Gasteiger partial charge in [-0.2, -0.15) is 10.1 Å². The number of anilines is 3. The largest absolute Gasteiger partial charge is 0.330 e. The van der Waals surface area contributed by atoms with Crippen molar-refractivity contribution in [1.82, 2.24) is 9.36 Å². The molecule has 5 nitrogen and oxygen atoms in total. The summed E-state index contributed by atoms with van der Waals surface area (Å²) in [4.78, 5) is 4.33. The number of nitrogens with zero attached hydrogens (tertiary/aromatic N) is 3. The van der Waals surface area contributed by atoms with Crippen LogP contribution in [-0.2, 0) is 0 Å². The number of rotatable bonds is 5. The van der Waals surface area contributed by atoms with Crippen LogP contribution in [0.2, 0.25) is 0 Å². The summed E-state index contributed by atoms with van der Waals surface area (Å²) in [6.45, 7) is 0. The first kappa shape index (κ1) is 14.9. The molecule has 3 aromatic rings. The maximum atomic E-state index is 4.33. The molecular weight excluding hydrogens is 409 g/mol. The van der Waals surface area contributed by atoms with Gasteiger partial charge in [-0.05, 0) is 52.4 Å². The third kappa shape index (κ3) is 4.25. The maximum absolute atomic E-state index is 4.33. The summed E-state index contributed by atoms with van der Waals surface area (Å²) in [5.74, 6) is 0.477. The van der Waals surface area contributed by atoms with Gasteiger partial charge in [0.2, 0.25) is 5.13 Å². The Labute approximate surface area is 145 Å². The molecule has 3 rings (SSSR count). The molecule has 0 aliphatic rings. The number of benzene rings is 2. The fourth-order valence-electron chi connectivity index (χ4n) is 1.68. The standard InChI is InChI=1S/C15H12IN5S/c16-12-6-8-13(9-7-12)18-15-19-14(21-22-15)20-17-10-11-4-2-1-3-5-11/h1-10H,(H2,18,19,20,21)/b17-10+. The Balaban J connectivity index is 1.59. The lowest BCUT2D eigenvalue weighted by Gasteiger charge is -2.00. The van der Waals surface area contributed by atoms with Crippen molar-refractivity contribution in [3.05, 3.63) is 63.7 Å². The molecule has 0 spiro atoms. The molecular formula is C15H12IN5S. The molecule has 0 bridgehead atoms. The molecule has 0 aliphatic heterocycles. The Morgan fingerprint density at radius 3 is 2.59 bits per heavy atom. The quantitative estimate of drug-likeness (QED) is 0.366. The van der Waals surface area contributed by atoms with E-state index in [-0.39, 0.29) is 0 Å². The molecule has 0 amide bonds. The van der Waals surface area contributed by atoms with E-state index in [2.05, 4.69) is 47.8 Å². The molecule has 2 aromatic carbocycles. The Morgan fingerprint density at radius 2 is 1.82 bits per heavy atom. The zero-order valence-corrected chi connectivity index (χ0v) is 14.4. The fourth-order valence-corrected chi connectivity index (χ4v) is 2.58. The average molecular weight is 421 g/mol. The molecule has 1 heterocycles. The van der Waals surface area contributed by atoms with E-state index in [9.17, 15) is 0 Å². The Bertz CT molecular complexity index is 755. The van der Waals surface area contributed by atoms with Gasteiger partial charge in [-0.15, -0.1) is 4.37 Å². The van der Waals surface area contributed by atoms with Crippen molar-refractivity contribution in [3.8, 4) is 0 Å². The zero-order chi connectivity index (χ0) is 15.2. The highest BCUT2D eigenvalue weighted by Gasteiger charge is 2.03. The third-order valence-corrected chi connectivity index (χ3v) is 4.05. The van der Waals surface area contributed by atoms with E-state index in [1.807, 2.05) is 54.6 Å². The van der Waals surface area contributed by atoms with Crippen LogP contribution < -0.4 is 10.7 Å². The number of hydrogen-bond donors (Lipinski definition) is 2. The van der Waals surface area contributed by atoms with Crippen molar-refractivity contribution >= 4 is 57.1 Å². The topological polar surface area (TPSA) is 62.2 Å². The van der Waals surface area contributed by atoms with Crippen LogP contribution in [0.4, 0.5) is 16.8 Å². The zero-order valence-electron chi connectivity index (χ0n) is 11.4. The van der Waals surface area contributed by atoms with Crippen LogP contribution in [0.1, 0.15) is 5.56 Å². The fraction of sp³-hybridized carbons (Fsp3) is 0. The maximum Gasteiger partial charge on any atom is 0.257 e. The molecule has 0 fully saturated rings. The molecule has 22 heavy (non-hydrogen) atoms. The highest BCUT2D eigenvalue weighted by Crippen LogP contribution is 2.20. The summed E-state index contributed by atoms with van der Waals surface area (Å²) in [5.41, 5.74) is 4.82. The Hall–Kier alpha value is -2.00. The van der Waals surface area contributed by atoms with E-state index in [1.165, 1.54) is 15.1 Å². The van der Waals surface area contributed by atoms with Gasteiger partial charge in [0.25, 0.3) is 5.95 Å². The van der Waals surface area contributed by atoms with Crippen LogP contribution >= 0.6 is 34.1 Å². The molecule has 0 saturated carbocycles. The summed E-state index contributed by atoms with van der Waals surface area (Å²) in [6, 6.07) is 17.9. The summed E-state index contributed by atoms with van der Waals surface area (Å²) >= 11 is 3.56. The van der Waals surface area contributed by atoms with Gasteiger partial charge in [-0.3, -0.25) is 0 Å². The first-order chi connectivity index (χ1) is 10.8. The van der Waals surface area contributed by atoms with Crippen molar-refractivity contribution in [3.63, 3.8) is 0 Å². The van der Waals surface area contributed by atoms with Crippen LogP contribution in [0.3, 0.4) is 0 Å². The molecule has 2 N–H and O–H groups in total. The molecule has 0 unspecified atom stereocenters. The van der Waals surface area contributed by atoms with Gasteiger partial charge in [0.1, 0.15) is 0 Å². The number of nitrogens with one attached hydrogen (secondary N) is 2. The smallest absolute Gasteiger partial charge is 0.257 e. The molecule has 0 atom stereocenters. The SMILES string of the molecule is Ic1ccc(Nc2nc(N/N=C/c3ccccc3)ns2)cc1. The highest BCUT2D eigenvalue weighted by atomic mass is 127. The van der Waals surface area contributed by atoms with Gasteiger partial charge in [-0.25, -0.2) is 5.43 Å². The van der Waals surface area contributed by atoms with Crippen molar-refractivity contribution < 1.29 is 0 Å². The first-order valence-corrected chi connectivity index (χ1v) is 8.35. The lowest BCUT2D eigenvalue weighted by Crippen LogP contribution is -1.93. The van der Waals surface area contributed by atoms with Crippen molar-refractivity contribution in [2.45, 2.75) is 0 Å². The number of aromatic nitrogens is 2. The van der Waals surface area contributed by atoms with E-state index < -0.39 is 0 Å². The van der Waals surface area contributed by atoms with Gasteiger partial charge < -0.3 is 5.32 Å². The van der Waals surface area contributed by atoms with Crippen molar-refractivity contribution in [2.75, 3.05) is 10.7 Å². The number of halogens is 1. The molecule has 1 aromatic heterocycles. The molecule has 0 radical (unpaired) electrons. The highest BCUT2D eigenvalue weighted by molar-refractivity contribution is 14.1. The van der Waals surface area contributed by atoms with Gasteiger partial charge in [0.15, 0.2) is 0 Å². The van der Waals surface area contributed by atoms with Crippen LogP contribution in [0.15, 0.2) is 59.7 Å². The molecule has 0 saturated heterocycles. The minimum atomic E-state index is 0.477. The summed E-state index contributed by atoms with van der Waals surface area (Å²) in [6.07, 6.45) is 1.73. The van der Waals surface area contributed by atoms with Crippen LogP contribution in [0.25, 0.3) is 0 Å². The van der Waals surface area contributed by atoms with Crippen LogP contribution in [0, 0.1) is 3.57 Å². The molecule has 110 valence electrons. The number of hydrogen-bond acceptors (Lipinski definition) is 6. The predicted molar refractivity (Wildman–Crippen MR) is 100 cm³/mol. The van der Waals surface area contributed by atoms with E-state index in [0.29, 0.717) is 5.95 Å². The lowest BCUT2D eigenvalue weighted by molar-refractivity contribution is 1.21.